The number of carboxylic acids is 1. The van der Waals surface area contributed by atoms with Crippen LogP contribution in [-0.4, -0.2) is 16.1 Å². The van der Waals surface area contributed by atoms with E-state index < -0.39 is 17.7 Å². The zero-order valence-corrected chi connectivity index (χ0v) is 13.4. The molecular weight excluding hydrogens is 357 g/mol. The highest BCUT2D eigenvalue weighted by molar-refractivity contribution is 5.95. The van der Waals surface area contributed by atoms with Crippen LogP contribution in [0.15, 0.2) is 54.7 Å². The van der Waals surface area contributed by atoms with Gasteiger partial charge in [-0.2, -0.15) is 13.2 Å². The zero-order chi connectivity index (χ0) is 17.3. The van der Waals surface area contributed by atoms with Crippen molar-refractivity contribution in [3.8, 4) is 0 Å². The molecule has 0 bridgehead atoms. The molecule has 3 rings (SSSR count). The molecule has 0 amide bonds. The van der Waals surface area contributed by atoms with Gasteiger partial charge in [0.1, 0.15) is 0 Å². The van der Waals surface area contributed by atoms with Crippen LogP contribution >= 0.6 is 12.4 Å². The average Bonchev–Trinajstić information content (AvgIpc) is 2.54. The molecule has 0 unspecified atom stereocenters. The van der Waals surface area contributed by atoms with Crippen molar-refractivity contribution >= 4 is 40.7 Å². The Kier molecular flexibility index (Phi) is 5.18. The van der Waals surface area contributed by atoms with Crippen LogP contribution in [0.3, 0.4) is 0 Å². The van der Waals surface area contributed by atoms with Crippen LogP contribution in [0.25, 0.3) is 10.9 Å². The SMILES string of the molecule is Cl.O=C(O)c1ccc(Nc2ccnc3c(C(F)(F)F)cccc23)cc1. The number of hydrogen-bond acceptors (Lipinski definition) is 3. The third-order valence-electron chi connectivity index (χ3n) is 3.49. The highest BCUT2D eigenvalue weighted by atomic mass is 35.5. The van der Waals surface area contributed by atoms with E-state index in [4.69, 9.17) is 5.11 Å². The maximum Gasteiger partial charge on any atom is 0.418 e. The van der Waals surface area contributed by atoms with Crippen molar-refractivity contribution < 1.29 is 23.1 Å². The van der Waals surface area contributed by atoms with Crippen LogP contribution < -0.4 is 5.32 Å². The molecule has 0 saturated heterocycles. The summed E-state index contributed by atoms with van der Waals surface area (Å²) in [6.45, 7) is 0. The van der Waals surface area contributed by atoms with Crippen molar-refractivity contribution in [3.05, 3.63) is 65.9 Å². The van der Waals surface area contributed by atoms with E-state index in [1.807, 2.05) is 0 Å². The molecule has 0 atom stereocenters. The third-order valence-corrected chi connectivity index (χ3v) is 3.49. The number of para-hydroxylation sites is 1. The minimum absolute atomic E-state index is 0. The molecule has 0 radical (unpaired) electrons. The fourth-order valence-corrected chi connectivity index (χ4v) is 2.37. The molecule has 0 fully saturated rings. The van der Waals surface area contributed by atoms with E-state index in [9.17, 15) is 18.0 Å². The molecule has 130 valence electrons. The molecule has 2 N–H and O–H groups in total. The Bertz CT molecular complexity index is 912. The van der Waals surface area contributed by atoms with Gasteiger partial charge >= 0.3 is 12.1 Å². The van der Waals surface area contributed by atoms with Gasteiger partial charge in [-0.05, 0) is 36.4 Å². The number of aromatic nitrogens is 1. The van der Waals surface area contributed by atoms with Crippen molar-refractivity contribution in [2.45, 2.75) is 6.18 Å². The third kappa shape index (κ3) is 3.83. The lowest BCUT2D eigenvalue weighted by atomic mass is 10.1. The van der Waals surface area contributed by atoms with E-state index in [1.54, 1.807) is 24.3 Å². The molecule has 8 heteroatoms. The number of carboxylic acid groups (broad SMARTS) is 1. The van der Waals surface area contributed by atoms with E-state index in [0.717, 1.165) is 6.07 Å². The molecule has 0 aliphatic rings. The highest BCUT2D eigenvalue weighted by Crippen LogP contribution is 2.36. The molecule has 1 heterocycles. The number of rotatable bonds is 3. The smallest absolute Gasteiger partial charge is 0.418 e. The quantitative estimate of drug-likeness (QED) is 0.673. The molecule has 0 aliphatic carbocycles. The highest BCUT2D eigenvalue weighted by Gasteiger charge is 2.33. The van der Waals surface area contributed by atoms with Crippen molar-refractivity contribution in [2.75, 3.05) is 5.32 Å². The first-order chi connectivity index (χ1) is 11.4. The number of aromatic carboxylic acids is 1. The van der Waals surface area contributed by atoms with E-state index in [2.05, 4.69) is 10.3 Å². The Morgan fingerprint density at radius 3 is 2.32 bits per heavy atom. The van der Waals surface area contributed by atoms with Crippen LogP contribution in [0.2, 0.25) is 0 Å². The molecule has 4 nitrogen and oxygen atoms in total. The van der Waals surface area contributed by atoms with Crippen LogP contribution in [0, 0.1) is 0 Å². The van der Waals surface area contributed by atoms with Crippen LogP contribution in [-0.2, 0) is 6.18 Å². The van der Waals surface area contributed by atoms with Gasteiger partial charge in [-0.3, -0.25) is 4.98 Å². The number of alkyl halides is 3. The van der Waals surface area contributed by atoms with Gasteiger partial charge in [0.2, 0.25) is 0 Å². The van der Waals surface area contributed by atoms with Gasteiger partial charge in [0.05, 0.1) is 16.6 Å². The predicted molar refractivity (Wildman–Crippen MR) is 90.7 cm³/mol. The van der Waals surface area contributed by atoms with E-state index in [-0.39, 0.29) is 23.5 Å². The first kappa shape index (κ1) is 18.5. The molecule has 1 aromatic heterocycles. The van der Waals surface area contributed by atoms with Crippen molar-refractivity contribution in [1.82, 2.24) is 4.98 Å². The van der Waals surface area contributed by atoms with Crippen LogP contribution in [0.5, 0.6) is 0 Å². The summed E-state index contributed by atoms with van der Waals surface area (Å²) in [5.74, 6) is -1.05. The summed E-state index contributed by atoms with van der Waals surface area (Å²) in [5.41, 5.74) is 0.195. The lowest BCUT2D eigenvalue weighted by molar-refractivity contribution is -0.136. The number of nitrogens with zero attached hydrogens (tertiary/aromatic N) is 1. The molecule has 0 aliphatic heterocycles. The minimum Gasteiger partial charge on any atom is -0.478 e. The second kappa shape index (κ2) is 6.98. The Balaban J connectivity index is 0.00000225. The van der Waals surface area contributed by atoms with E-state index >= 15 is 0 Å². The standard InChI is InChI=1S/C17H11F3N2O2.ClH/c18-17(19,20)13-3-1-2-12-14(8-9-21-15(12)13)22-11-6-4-10(5-7-11)16(23)24;/h1-9H,(H,21,22)(H,23,24);1H. The minimum atomic E-state index is -4.49. The second-order valence-corrected chi connectivity index (χ2v) is 5.07. The topological polar surface area (TPSA) is 62.2 Å². The number of anilines is 2. The maximum atomic E-state index is 13.1. The normalized spacial score (nSPS) is 11.0. The molecule has 25 heavy (non-hydrogen) atoms. The zero-order valence-electron chi connectivity index (χ0n) is 12.5. The summed E-state index contributed by atoms with van der Waals surface area (Å²) in [7, 11) is 0. The Hall–Kier alpha value is -2.80. The summed E-state index contributed by atoms with van der Waals surface area (Å²) in [6.07, 6.45) is -3.19. The van der Waals surface area contributed by atoms with Gasteiger partial charge in [0.15, 0.2) is 0 Å². The van der Waals surface area contributed by atoms with Gasteiger partial charge in [-0.1, -0.05) is 12.1 Å². The molecule has 0 spiro atoms. The number of hydrogen-bond donors (Lipinski definition) is 2. The lowest BCUT2D eigenvalue weighted by Gasteiger charge is -2.13. The number of benzene rings is 2. The second-order valence-electron chi connectivity index (χ2n) is 5.07. The Morgan fingerprint density at radius 2 is 1.72 bits per heavy atom. The van der Waals surface area contributed by atoms with Gasteiger partial charge in [0, 0.05) is 23.0 Å². The summed E-state index contributed by atoms with van der Waals surface area (Å²) >= 11 is 0. The summed E-state index contributed by atoms with van der Waals surface area (Å²) < 4.78 is 39.2. The number of pyridine rings is 1. The molecule has 2 aromatic carbocycles. The van der Waals surface area contributed by atoms with Gasteiger partial charge in [-0.15, -0.1) is 12.4 Å². The van der Waals surface area contributed by atoms with Gasteiger partial charge in [-0.25, -0.2) is 4.79 Å². The van der Waals surface area contributed by atoms with Crippen molar-refractivity contribution in [1.29, 1.82) is 0 Å². The average molecular weight is 369 g/mol. The fourth-order valence-electron chi connectivity index (χ4n) is 2.37. The van der Waals surface area contributed by atoms with Crippen molar-refractivity contribution in [2.24, 2.45) is 0 Å². The number of carbonyl (C=O) groups is 1. The molecule has 0 saturated carbocycles. The number of fused-ring (bicyclic) bond motifs is 1. The Morgan fingerprint density at radius 1 is 1.04 bits per heavy atom. The fraction of sp³-hybridized carbons (Fsp3) is 0.0588. The predicted octanol–water partition coefficient (Wildman–Crippen LogP) is 5.12. The summed E-state index contributed by atoms with van der Waals surface area (Å²) in [4.78, 5) is 14.7. The first-order valence-electron chi connectivity index (χ1n) is 6.91. The largest absolute Gasteiger partial charge is 0.478 e. The van der Waals surface area contributed by atoms with Crippen LogP contribution in [0.1, 0.15) is 15.9 Å². The number of nitrogens with one attached hydrogen (secondary N) is 1. The Labute approximate surface area is 146 Å². The molecular formula is C17H12ClF3N2O2. The monoisotopic (exact) mass is 368 g/mol. The van der Waals surface area contributed by atoms with Gasteiger partial charge < -0.3 is 10.4 Å². The van der Waals surface area contributed by atoms with Crippen molar-refractivity contribution in [3.63, 3.8) is 0 Å². The first-order valence-corrected chi connectivity index (χ1v) is 6.91. The summed E-state index contributed by atoms with van der Waals surface area (Å²) in [6, 6.07) is 11.3. The lowest BCUT2D eigenvalue weighted by Crippen LogP contribution is -2.07. The maximum absolute atomic E-state index is 13.1. The number of halogens is 4. The van der Waals surface area contributed by atoms with E-state index in [0.29, 0.717) is 16.8 Å². The van der Waals surface area contributed by atoms with Gasteiger partial charge in [0.25, 0.3) is 0 Å². The van der Waals surface area contributed by atoms with Crippen LogP contribution in [0.4, 0.5) is 24.5 Å². The van der Waals surface area contributed by atoms with E-state index in [1.165, 1.54) is 24.4 Å². The molecule has 3 aromatic rings. The summed E-state index contributed by atoms with van der Waals surface area (Å²) in [5, 5.41) is 12.2.